The monoisotopic (exact) mass is 395 g/mol. The third-order valence-corrected chi connectivity index (χ3v) is 5.90. The van der Waals surface area contributed by atoms with Crippen LogP contribution in [0, 0.1) is 0 Å². The standard InChI is InChI=1S/C17H21N3O6S/c1-11(15(21)19-8-7-18-17(19)23)26-16(22)14-9-12-5-3-4-6-13(12)10-20(14)27(2,24)25/h3-6,11,14H,7-10H2,1-2H3,(H,18,23)/t11-,14+/m1/s1. The Hall–Kier alpha value is -2.46. The second-order valence-electron chi connectivity index (χ2n) is 6.60. The first-order chi connectivity index (χ1) is 12.7. The number of sulfonamides is 1. The molecule has 2 atom stereocenters. The summed E-state index contributed by atoms with van der Waals surface area (Å²) in [7, 11) is -3.67. The number of fused-ring (bicyclic) bond motifs is 1. The van der Waals surface area contributed by atoms with Gasteiger partial charge in [0.05, 0.1) is 6.26 Å². The van der Waals surface area contributed by atoms with Crippen molar-refractivity contribution in [3.05, 3.63) is 35.4 Å². The lowest BCUT2D eigenvalue weighted by molar-refractivity contribution is -0.161. The molecule has 1 saturated heterocycles. The zero-order valence-corrected chi connectivity index (χ0v) is 15.9. The minimum atomic E-state index is -3.67. The lowest BCUT2D eigenvalue weighted by atomic mass is 9.96. The van der Waals surface area contributed by atoms with Crippen LogP contribution >= 0.6 is 0 Å². The summed E-state index contributed by atoms with van der Waals surface area (Å²) in [6.45, 7) is 1.97. The summed E-state index contributed by atoms with van der Waals surface area (Å²) in [5.41, 5.74) is 1.68. The van der Waals surface area contributed by atoms with Gasteiger partial charge in [-0.05, 0) is 18.1 Å². The van der Waals surface area contributed by atoms with E-state index in [2.05, 4.69) is 5.32 Å². The summed E-state index contributed by atoms with van der Waals surface area (Å²) in [5, 5.41) is 2.50. The van der Waals surface area contributed by atoms with Gasteiger partial charge in [-0.15, -0.1) is 0 Å². The topological polar surface area (TPSA) is 113 Å². The molecule has 1 N–H and O–H groups in total. The molecular formula is C17H21N3O6S. The van der Waals surface area contributed by atoms with Crippen LogP contribution in [0.1, 0.15) is 18.1 Å². The number of nitrogens with one attached hydrogen (secondary N) is 1. The minimum Gasteiger partial charge on any atom is -0.451 e. The molecule has 2 heterocycles. The normalized spacial score (nSPS) is 21.3. The van der Waals surface area contributed by atoms with Crippen LogP contribution in [0.3, 0.4) is 0 Å². The number of nitrogens with zero attached hydrogens (tertiary/aromatic N) is 2. The number of imide groups is 1. The van der Waals surface area contributed by atoms with Gasteiger partial charge in [0.25, 0.3) is 5.91 Å². The zero-order chi connectivity index (χ0) is 19.8. The molecule has 146 valence electrons. The lowest BCUT2D eigenvalue weighted by Gasteiger charge is -2.34. The molecule has 1 aromatic carbocycles. The van der Waals surface area contributed by atoms with E-state index >= 15 is 0 Å². The molecule has 3 amide bonds. The van der Waals surface area contributed by atoms with E-state index < -0.39 is 40.1 Å². The molecule has 0 aliphatic carbocycles. The van der Waals surface area contributed by atoms with Crippen molar-refractivity contribution in [3.63, 3.8) is 0 Å². The maximum Gasteiger partial charge on any atom is 0.325 e. The lowest BCUT2D eigenvalue weighted by Crippen LogP contribution is -2.50. The van der Waals surface area contributed by atoms with Gasteiger partial charge in [-0.25, -0.2) is 13.2 Å². The SMILES string of the molecule is C[C@@H](OC(=O)[C@@H]1Cc2ccccc2CN1S(C)(=O)=O)C(=O)N1CCNC1=O. The van der Waals surface area contributed by atoms with Gasteiger partial charge < -0.3 is 10.1 Å². The summed E-state index contributed by atoms with van der Waals surface area (Å²) in [6.07, 6.45) is -0.00249. The highest BCUT2D eigenvalue weighted by molar-refractivity contribution is 7.88. The number of carbonyl (C=O) groups excluding carboxylic acids is 3. The maximum absolute atomic E-state index is 12.7. The Bertz CT molecular complexity index is 884. The van der Waals surface area contributed by atoms with Gasteiger partial charge in [0, 0.05) is 26.1 Å². The van der Waals surface area contributed by atoms with Crippen LogP contribution in [0.15, 0.2) is 24.3 Å². The number of hydrogen-bond acceptors (Lipinski definition) is 6. The van der Waals surface area contributed by atoms with E-state index in [1.807, 2.05) is 18.2 Å². The van der Waals surface area contributed by atoms with Crippen molar-refractivity contribution in [2.75, 3.05) is 19.3 Å². The van der Waals surface area contributed by atoms with Crippen molar-refractivity contribution >= 4 is 27.9 Å². The fourth-order valence-electron chi connectivity index (χ4n) is 3.25. The summed E-state index contributed by atoms with van der Waals surface area (Å²) in [6, 6.07) is 5.67. The summed E-state index contributed by atoms with van der Waals surface area (Å²) >= 11 is 0. The number of amides is 3. The van der Waals surface area contributed by atoms with Crippen LogP contribution in [0.2, 0.25) is 0 Å². The van der Waals surface area contributed by atoms with Gasteiger partial charge in [0.2, 0.25) is 10.0 Å². The highest BCUT2D eigenvalue weighted by Crippen LogP contribution is 2.26. The number of urea groups is 1. The molecule has 2 aliphatic heterocycles. The zero-order valence-electron chi connectivity index (χ0n) is 15.0. The molecule has 9 nitrogen and oxygen atoms in total. The van der Waals surface area contributed by atoms with Crippen LogP contribution in [0.4, 0.5) is 4.79 Å². The Morgan fingerprint density at radius 2 is 1.93 bits per heavy atom. The highest BCUT2D eigenvalue weighted by atomic mass is 32.2. The second-order valence-corrected chi connectivity index (χ2v) is 8.53. The van der Waals surface area contributed by atoms with Gasteiger partial charge in [-0.3, -0.25) is 14.5 Å². The number of benzene rings is 1. The first-order valence-electron chi connectivity index (χ1n) is 8.52. The molecule has 0 bridgehead atoms. The van der Waals surface area contributed by atoms with Crippen LogP contribution in [-0.4, -0.2) is 67.0 Å². The summed E-state index contributed by atoms with van der Waals surface area (Å²) in [5.74, 6) is -1.45. The fourth-order valence-corrected chi connectivity index (χ4v) is 4.25. The van der Waals surface area contributed by atoms with Crippen LogP contribution < -0.4 is 5.32 Å². The molecule has 0 unspecified atom stereocenters. The molecular weight excluding hydrogens is 374 g/mol. The number of esters is 1. The van der Waals surface area contributed by atoms with E-state index in [0.29, 0.717) is 6.54 Å². The van der Waals surface area contributed by atoms with Gasteiger partial charge in [0.1, 0.15) is 6.04 Å². The van der Waals surface area contributed by atoms with Crippen molar-refractivity contribution < 1.29 is 27.5 Å². The smallest absolute Gasteiger partial charge is 0.325 e. The molecule has 0 spiro atoms. The largest absolute Gasteiger partial charge is 0.451 e. The average molecular weight is 395 g/mol. The Kier molecular flexibility index (Phi) is 5.20. The van der Waals surface area contributed by atoms with Gasteiger partial charge in [-0.2, -0.15) is 4.31 Å². The maximum atomic E-state index is 12.7. The van der Waals surface area contributed by atoms with Crippen molar-refractivity contribution in [2.24, 2.45) is 0 Å². The number of hydrogen-bond donors (Lipinski definition) is 1. The third kappa shape index (κ3) is 3.96. The van der Waals surface area contributed by atoms with Gasteiger partial charge in [0.15, 0.2) is 6.10 Å². The summed E-state index contributed by atoms with van der Waals surface area (Å²) < 4.78 is 30.7. The van der Waals surface area contributed by atoms with Crippen LogP contribution in [0.25, 0.3) is 0 Å². The van der Waals surface area contributed by atoms with E-state index in [1.165, 1.54) is 6.92 Å². The average Bonchev–Trinajstić information content (AvgIpc) is 3.05. The van der Waals surface area contributed by atoms with E-state index in [4.69, 9.17) is 4.74 Å². The van der Waals surface area contributed by atoms with Crippen LogP contribution in [-0.2, 0) is 37.3 Å². The predicted octanol–water partition coefficient (Wildman–Crippen LogP) is -0.144. The van der Waals surface area contributed by atoms with Crippen molar-refractivity contribution in [1.29, 1.82) is 0 Å². The quantitative estimate of drug-likeness (QED) is 0.710. The van der Waals surface area contributed by atoms with E-state index in [9.17, 15) is 22.8 Å². The second kappa shape index (κ2) is 7.28. The number of rotatable bonds is 4. The Morgan fingerprint density at radius 3 is 2.52 bits per heavy atom. The molecule has 3 rings (SSSR count). The Labute approximate surface area is 157 Å². The fraction of sp³-hybridized carbons (Fsp3) is 0.471. The Balaban J connectivity index is 1.77. The first-order valence-corrected chi connectivity index (χ1v) is 10.4. The number of carbonyl (C=O) groups is 3. The number of ether oxygens (including phenoxy) is 1. The highest BCUT2D eigenvalue weighted by Gasteiger charge is 2.40. The molecule has 1 aromatic rings. The first kappa shape index (κ1) is 19.3. The molecule has 2 aliphatic rings. The van der Waals surface area contributed by atoms with E-state index in [-0.39, 0.29) is 19.5 Å². The van der Waals surface area contributed by atoms with Crippen molar-refractivity contribution in [1.82, 2.24) is 14.5 Å². The summed E-state index contributed by atoms with van der Waals surface area (Å²) in [4.78, 5) is 37.6. The third-order valence-electron chi connectivity index (χ3n) is 4.67. The Morgan fingerprint density at radius 1 is 1.26 bits per heavy atom. The van der Waals surface area contributed by atoms with Gasteiger partial charge in [-0.1, -0.05) is 24.3 Å². The molecule has 27 heavy (non-hydrogen) atoms. The molecule has 10 heteroatoms. The predicted molar refractivity (Wildman–Crippen MR) is 95.0 cm³/mol. The van der Waals surface area contributed by atoms with E-state index in [1.54, 1.807) is 6.07 Å². The molecule has 0 saturated carbocycles. The van der Waals surface area contributed by atoms with Gasteiger partial charge >= 0.3 is 12.0 Å². The van der Waals surface area contributed by atoms with Crippen molar-refractivity contribution in [2.45, 2.75) is 32.0 Å². The minimum absolute atomic E-state index is 0.0611. The van der Waals surface area contributed by atoms with Crippen LogP contribution in [0.5, 0.6) is 0 Å². The molecule has 0 radical (unpaired) electrons. The van der Waals surface area contributed by atoms with E-state index in [0.717, 1.165) is 26.6 Å². The molecule has 0 aromatic heterocycles. The van der Waals surface area contributed by atoms with Crippen molar-refractivity contribution in [3.8, 4) is 0 Å². The molecule has 1 fully saturated rings.